The zero-order valence-corrected chi connectivity index (χ0v) is 14.6. The molecule has 0 radical (unpaired) electrons. The first-order valence-corrected chi connectivity index (χ1v) is 8.62. The number of rotatable bonds is 5. The molecule has 0 saturated carbocycles. The van der Waals surface area contributed by atoms with Crippen molar-refractivity contribution >= 4 is 22.5 Å². The van der Waals surface area contributed by atoms with Crippen LogP contribution < -0.4 is 9.80 Å². The molecule has 1 aliphatic heterocycles. The highest BCUT2D eigenvalue weighted by molar-refractivity contribution is 7.09. The Bertz CT molecular complexity index is 653. The third kappa shape index (κ3) is 3.42. The molecule has 2 aromatic heterocycles. The minimum atomic E-state index is 0.469. The van der Waals surface area contributed by atoms with E-state index in [0.717, 1.165) is 55.1 Å². The van der Waals surface area contributed by atoms with Crippen LogP contribution in [0.1, 0.15) is 24.0 Å². The van der Waals surface area contributed by atoms with Gasteiger partial charge in [-0.3, -0.25) is 0 Å². The van der Waals surface area contributed by atoms with Crippen LogP contribution in [0.4, 0.5) is 10.9 Å². The van der Waals surface area contributed by atoms with Crippen LogP contribution in [-0.4, -0.2) is 52.6 Å². The van der Waals surface area contributed by atoms with Crippen molar-refractivity contribution in [2.45, 2.75) is 26.9 Å². The topological polar surface area (TPSA) is 67.3 Å². The van der Waals surface area contributed by atoms with Crippen molar-refractivity contribution in [3.05, 3.63) is 23.4 Å². The Labute approximate surface area is 140 Å². The van der Waals surface area contributed by atoms with Gasteiger partial charge in [0.1, 0.15) is 18.8 Å². The fourth-order valence-electron chi connectivity index (χ4n) is 2.84. The molecular weight excluding hydrogens is 312 g/mol. The summed E-state index contributed by atoms with van der Waals surface area (Å²) in [6.45, 7) is 8.40. The summed E-state index contributed by atoms with van der Waals surface area (Å²) in [6.07, 6.45) is 2.62. The molecule has 1 aliphatic rings. The summed E-state index contributed by atoms with van der Waals surface area (Å²) in [6, 6.07) is 0. The first kappa shape index (κ1) is 16.1. The van der Waals surface area contributed by atoms with Gasteiger partial charge in [-0.25, -0.2) is 15.0 Å². The van der Waals surface area contributed by atoms with Crippen LogP contribution in [0.5, 0.6) is 0 Å². The fraction of sp³-hybridized carbons (Fsp3) is 0.600. The standard InChI is InChI=1S/C15H22N6OS/c1-4-12-11(2)16-10-17-14(12)20-5-7-21(8-6-20)15-18-13(9-22-3)19-23-15/h10H,4-9H2,1-3H3. The van der Waals surface area contributed by atoms with Crippen molar-refractivity contribution in [2.24, 2.45) is 0 Å². The summed E-state index contributed by atoms with van der Waals surface area (Å²) in [5.41, 5.74) is 2.33. The number of aryl methyl sites for hydroxylation is 1. The lowest BCUT2D eigenvalue weighted by atomic mass is 10.1. The Balaban J connectivity index is 1.67. The fourth-order valence-corrected chi connectivity index (χ4v) is 3.57. The van der Waals surface area contributed by atoms with Crippen molar-refractivity contribution in [2.75, 3.05) is 43.1 Å². The number of hydrogen-bond acceptors (Lipinski definition) is 8. The summed E-state index contributed by atoms with van der Waals surface area (Å²) in [5.74, 6) is 1.84. The molecule has 0 aliphatic carbocycles. The van der Waals surface area contributed by atoms with E-state index in [9.17, 15) is 0 Å². The van der Waals surface area contributed by atoms with Crippen molar-refractivity contribution < 1.29 is 4.74 Å². The van der Waals surface area contributed by atoms with E-state index in [0.29, 0.717) is 6.61 Å². The Morgan fingerprint density at radius 1 is 1.17 bits per heavy atom. The Hall–Kier alpha value is -1.80. The summed E-state index contributed by atoms with van der Waals surface area (Å²) < 4.78 is 9.41. The molecule has 3 rings (SSSR count). The van der Waals surface area contributed by atoms with Gasteiger partial charge >= 0.3 is 0 Å². The van der Waals surface area contributed by atoms with Crippen molar-refractivity contribution in [3.63, 3.8) is 0 Å². The summed E-state index contributed by atoms with van der Waals surface area (Å²) in [7, 11) is 1.66. The van der Waals surface area contributed by atoms with E-state index >= 15 is 0 Å². The number of methoxy groups -OCH3 is 1. The lowest BCUT2D eigenvalue weighted by Crippen LogP contribution is -2.47. The van der Waals surface area contributed by atoms with Gasteiger partial charge < -0.3 is 14.5 Å². The molecule has 3 heterocycles. The molecule has 2 aromatic rings. The SMILES string of the molecule is CCc1c(C)ncnc1N1CCN(c2nc(COC)ns2)CC1. The third-order valence-corrected chi connectivity index (χ3v) is 4.89. The molecule has 0 spiro atoms. The van der Waals surface area contributed by atoms with Gasteiger partial charge in [0.2, 0.25) is 5.13 Å². The maximum atomic E-state index is 5.08. The number of nitrogens with zero attached hydrogens (tertiary/aromatic N) is 6. The van der Waals surface area contributed by atoms with Gasteiger partial charge in [0.05, 0.1) is 0 Å². The monoisotopic (exact) mass is 334 g/mol. The number of aromatic nitrogens is 4. The van der Waals surface area contributed by atoms with E-state index in [-0.39, 0.29) is 0 Å². The normalized spacial score (nSPS) is 15.3. The zero-order valence-electron chi connectivity index (χ0n) is 13.8. The number of hydrogen-bond donors (Lipinski definition) is 0. The highest BCUT2D eigenvalue weighted by atomic mass is 32.1. The summed E-state index contributed by atoms with van der Waals surface area (Å²) >= 11 is 1.44. The van der Waals surface area contributed by atoms with E-state index in [1.165, 1.54) is 17.1 Å². The van der Waals surface area contributed by atoms with Gasteiger partial charge in [0.25, 0.3) is 0 Å². The molecular formula is C15H22N6OS. The van der Waals surface area contributed by atoms with Gasteiger partial charge in [-0.2, -0.15) is 4.37 Å². The van der Waals surface area contributed by atoms with Gasteiger partial charge in [-0.15, -0.1) is 0 Å². The average Bonchev–Trinajstić information content (AvgIpc) is 3.04. The van der Waals surface area contributed by atoms with Crippen molar-refractivity contribution in [1.29, 1.82) is 0 Å². The van der Waals surface area contributed by atoms with Crippen LogP contribution in [0.15, 0.2) is 6.33 Å². The van der Waals surface area contributed by atoms with Gasteiger partial charge in [-0.1, -0.05) is 6.92 Å². The molecule has 23 heavy (non-hydrogen) atoms. The quantitative estimate of drug-likeness (QED) is 0.824. The minimum Gasteiger partial charge on any atom is -0.377 e. The second-order valence-electron chi connectivity index (χ2n) is 5.52. The summed E-state index contributed by atoms with van der Waals surface area (Å²) in [5, 5.41) is 0.978. The predicted octanol–water partition coefficient (Wildman–Crippen LogP) is 1.67. The van der Waals surface area contributed by atoms with E-state index in [1.54, 1.807) is 13.4 Å². The molecule has 0 amide bonds. The first-order valence-electron chi connectivity index (χ1n) is 7.84. The molecule has 1 saturated heterocycles. The lowest BCUT2D eigenvalue weighted by Gasteiger charge is -2.35. The van der Waals surface area contributed by atoms with Crippen LogP contribution in [0, 0.1) is 6.92 Å². The third-order valence-electron chi connectivity index (χ3n) is 4.07. The highest BCUT2D eigenvalue weighted by Crippen LogP contribution is 2.24. The summed E-state index contributed by atoms with van der Waals surface area (Å²) in [4.78, 5) is 18.0. The Kier molecular flexibility index (Phi) is 5.02. The largest absolute Gasteiger partial charge is 0.377 e. The van der Waals surface area contributed by atoms with E-state index < -0.39 is 0 Å². The smallest absolute Gasteiger partial charge is 0.205 e. The van der Waals surface area contributed by atoms with Gasteiger partial charge in [0.15, 0.2) is 5.82 Å². The van der Waals surface area contributed by atoms with Crippen LogP contribution in [0.25, 0.3) is 0 Å². The van der Waals surface area contributed by atoms with E-state index in [2.05, 4.69) is 43.0 Å². The Morgan fingerprint density at radius 2 is 1.91 bits per heavy atom. The maximum absolute atomic E-state index is 5.08. The molecule has 0 unspecified atom stereocenters. The molecule has 0 atom stereocenters. The maximum Gasteiger partial charge on any atom is 0.205 e. The lowest BCUT2D eigenvalue weighted by molar-refractivity contribution is 0.179. The van der Waals surface area contributed by atoms with Gasteiger partial charge in [0, 0.05) is 56.1 Å². The molecule has 0 aromatic carbocycles. The first-order chi connectivity index (χ1) is 11.2. The van der Waals surface area contributed by atoms with E-state index in [1.807, 2.05) is 0 Å². The number of piperazine rings is 1. The van der Waals surface area contributed by atoms with Crippen LogP contribution >= 0.6 is 11.5 Å². The minimum absolute atomic E-state index is 0.469. The van der Waals surface area contributed by atoms with E-state index in [4.69, 9.17) is 4.74 Å². The second kappa shape index (κ2) is 7.18. The molecule has 124 valence electrons. The molecule has 8 heteroatoms. The van der Waals surface area contributed by atoms with Crippen LogP contribution in [0.2, 0.25) is 0 Å². The zero-order chi connectivity index (χ0) is 16.2. The molecule has 7 nitrogen and oxygen atoms in total. The number of ether oxygens (including phenoxy) is 1. The van der Waals surface area contributed by atoms with Crippen LogP contribution in [-0.2, 0) is 17.8 Å². The molecule has 1 fully saturated rings. The Morgan fingerprint density at radius 3 is 2.61 bits per heavy atom. The van der Waals surface area contributed by atoms with Gasteiger partial charge in [-0.05, 0) is 13.3 Å². The van der Waals surface area contributed by atoms with Crippen LogP contribution in [0.3, 0.4) is 0 Å². The molecule has 0 bridgehead atoms. The van der Waals surface area contributed by atoms with Crippen molar-refractivity contribution in [1.82, 2.24) is 19.3 Å². The molecule has 0 N–H and O–H groups in total. The second-order valence-corrected chi connectivity index (χ2v) is 6.25. The highest BCUT2D eigenvalue weighted by Gasteiger charge is 2.23. The number of anilines is 2. The van der Waals surface area contributed by atoms with Crippen molar-refractivity contribution in [3.8, 4) is 0 Å². The average molecular weight is 334 g/mol. The predicted molar refractivity (Wildman–Crippen MR) is 91.2 cm³/mol.